The summed E-state index contributed by atoms with van der Waals surface area (Å²) in [5.74, 6) is -0.306. The first-order valence-corrected chi connectivity index (χ1v) is 14.7. The van der Waals surface area contributed by atoms with Crippen molar-refractivity contribution in [2.75, 3.05) is 6.61 Å². The minimum atomic E-state index is -1.19. The number of allylic oxidation sites excluding steroid dienone is 2. The van der Waals surface area contributed by atoms with Gasteiger partial charge >= 0.3 is 5.97 Å². The van der Waals surface area contributed by atoms with Gasteiger partial charge in [-0.1, -0.05) is 54.9 Å². The van der Waals surface area contributed by atoms with Gasteiger partial charge in [0.1, 0.15) is 11.6 Å². The highest BCUT2D eigenvalue weighted by Gasteiger charge is 2.65. The molecule has 8 heteroatoms. The molecule has 1 aromatic rings. The second kappa shape index (κ2) is 10.8. The van der Waals surface area contributed by atoms with E-state index in [1.807, 2.05) is 30.3 Å². The first kappa shape index (κ1) is 28.5. The number of aliphatic carboxylic acids is 1. The van der Waals surface area contributed by atoms with Crippen LogP contribution < -0.4 is 5.32 Å². The zero-order valence-electron chi connectivity index (χ0n) is 23.8. The van der Waals surface area contributed by atoms with E-state index in [0.29, 0.717) is 24.2 Å². The van der Waals surface area contributed by atoms with Crippen LogP contribution in [0.5, 0.6) is 0 Å². The molecule has 0 radical (unpaired) electrons. The third-order valence-corrected chi connectivity index (χ3v) is 11.0. The molecular formula is C32H42N2O6. The predicted octanol–water partition coefficient (Wildman–Crippen LogP) is 4.45. The molecular weight excluding hydrogens is 508 g/mol. The van der Waals surface area contributed by atoms with E-state index < -0.39 is 23.5 Å². The van der Waals surface area contributed by atoms with Crippen molar-refractivity contribution in [3.05, 3.63) is 47.5 Å². The summed E-state index contributed by atoms with van der Waals surface area (Å²) < 4.78 is 0. The molecule has 8 nitrogen and oxygen atoms in total. The van der Waals surface area contributed by atoms with Crippen LogP contribution in [0.4, 0.5) is 0 Å². The average Bonchev–Trinajstić information content (AvgIpc) is 3.20. The van der Waals surface area contributed by atoms with Crippen molar-refractivity contribution < 1.29 is 29.4 Å². The third-order valence-electron chi connectivity index (χ3n) is 11.0. The van der Waals surface area contributed by atoms with E-state index in [0.717, 1.165) is 56.2 Å². The van der Waals surface area contributed by atoms with E-state index in [2.05, 4.69) is 30.4 Å². The second-order valence-electron chi connectivity index (χ2n) is 12.9. The monoisotopic (exact) mass is 550 g/mol. The van der Waals surface area contributed by atoms with Crippen molar-refractivity contribution in [3.8, 4) is 0 Å². The standard InChI is InChI=1S/C32H42N2O6/c1-20(35)32(39)16-13-26-24-10-9-22-18-23(11-14-30(22,2)25(24)12-15-31(26,32)3)34-40-19-28(36)33-27(29(37)38)17-21-7-5-4-6-8-21/h4-8,18,24-27,39H,9-17,19H2,1-3H3,(H,33,36)(H,37,38)/b34-23+/t24-,25+,26-,27+,30+,31+,32+/m1/s1. The van der Waals surface area contributed by atoms with Crippen LogP contribution in [0.3, 0.4) is 0 Å². The van der Waals surface area contributed by atoms with Gasteiger partial charge in [0.25, 0.3) is 5.91 Å². The summed E-state index contributed by atoms with van der Waals surface area (Å²) in [5, 5.41) is 27.7. The summed E-state index contributed by atoms with van der Waals surface area (Å²) in [5.41, 5.74) is 1.54. The number of oxime groups is 1. The van der Waals surface area contributed by atoms with Gasteiger partial charge in [-0.25, -0.2) is 4.79 Å². The molecule has 0 aliphatic heterocycles. The lowest BCUT2D eigenvalue weighted by Crippen LogP contribution is -2.57. The number of aliphatic hydroxyl groups is 1. The van der Waals surface area contributed by atoms with Gasteiger partial charge < -0.3 is 20.4 Å². The normalized spacial score (nSPS) is 36.5. The first-order chi connectivity index (χ1) is 19.0. The van der Waals surface area contributed by atoms with Crippen LogP contribution >= 0.6 is 0 Å². The zero-order valence-corrected chi connectivity index (χ0v) is 23.8. The number of ketones is 1. The van der Waals surface area contributed by atoms with Gasteiger partial charge in [0.15, 0.2) is 12.4 Å². The number of nitrogens with one attached hydrogen (secondary N) is 1. The largest absolute Gasteiger partial charge is 0.480 e. The molecule has 7 atom stereocenters. The van der Waals surface area contributed by atoms with Crippen LogP contribution in [0.25, 0.3) is 0 Å². The molecule has 4 aliphatic rings. The lowest BCUT2D eigenvalue weighted by Gasteiger charge is -2.59. The van der Waals surface area contributed by atoms with Crippen molar-refractivity contribution >= 4 is 23.4 Å². The van der Waals surface area contributed by atoms with Gasteiger partial charge in [0.2, 0.25) is 0 Å². The fourth-order valence-corrected chi connectivity index (χ4v) is 8.70. The van der Waals surface area contributed by atoms with Crippen molar-refractivity contribution in [2.45, 2.75) is 90.2 Å². The number of rotatable bonds is 8. The summed E-state index contributed by atoms with van der Waals surface area (Å²) in [7, 11) is 0. The van der Waals surface area contributed by atoms with Crippen molar-refractivity contribution in [2.24, 2.45) is 33.7 Å². The topological polar surface area (TPSA) is 125 Å². The number of carboxylic acid groups (broad SMARTS) is 1. The van der Waals surface area contributed by atoms with Gasteiger partial charge in [-0.2, -0.15) is 0 Å². The van der Waals surface area contributed by atoms with Crippen molar-refractivity contribution in [3.63, 3.8) is 0 Å². The Morgan fingerprint density at radius 2 is 1.77 bits per heavy atom. The number of carboxylic acids is 1. The Morgan fingerprint density at radius 3 is 2.48 bits per heavy atom. The highest BCUT2D eigenvalue weighted by Crippen LogP contribution is 2.67. The molecule has 4 aliphatic carbocycles. The van der Waals surface area contributed by atoms with Crippen LogP contribution in [0.1, 0.15) is 77.7 Å². The number of fused-ring (bicyclic) bond motifs is 5. The van der Waals surface area contributed by atoms with E-state index >= 15 is 0 Å². The quantitative estimate of drug-likeness (QED) is 0.411. The van der Waals surface area contributed by atoms with Crippen molar-refractivity contribution in [1.82, 2.24) is 5.32 Å². The number of hydrogen-bond acceptors (Lipinski definition) is 6. The van der Waals surface area contributed by atoms with E-state index in [1.165, 1.54) is 5.57 Å². The number of hydrogen-bond donors (Lipinski definition) is 3. The molecule has 0 bridgehead atoms. The molecule has 0 spiro atoms. The molecule has 3 saturated carbocycles. The summed E-state index contributed by atoms with van der Waals surface area (Å²) in [6, 6.07) is 8.14. The Hall–Kier alpha value is -3.00. The van der Waals surface area contributed by atoms with Gasteiger partial charge in [0, 0.05) is 11.8 Å². The molecule has 40 heavy (non-hydrogen) atoms. The lowest BCUT2D eigenvalue weighted by molar-refractivity contribution is -0.159. The van der Waals surface area contributed by atoms with Gasteiger partial charge in [-0.05, 0) is 93.1 Å². The smallest absolute Gasteiger partial charge is 0.326 e. The maximum atomic E-state index is 12.5. The first-order valence-electron chi connectivity index (χ1n) is 14.7. The van der Waals surface area contributed by atoms with Crippen LogP contribution in [-0.4, -0.2) is 51.8 Å². The number of benzene rings is 1. The van der Waals surface area contributed by atoms with Gasteiger partial charge in [0.05, 0.1) is 5.71 Å². The number of carbonyl (C=O) groups excluding carboxylic acids is 2. The number of nitrogens with zero attached hydrogens (tertiary/aromatic N) is 1. The maximum Gasteiger partial charge on any atom is 0.326 e. The molecule has 1 amide bonds. The van der Waals surface area contributed by atoms with Gasteiger partial charge in [-0.15, -0.1) is 0 Å². The van der Waals surface area contributed by atoms with Crippen LogP contribution in [0.15, 0.2) is 47.1 Å². The molecule has 1 aromatic carbocycles. The molecule has 3 N–H and O–H groups in total. The zero-order chi connectivity index (χ0) is 28.7. The van der Waals surface area contributed by atoms with E-state index in [4.69, 9.17) is 4.84 Å². The molecule has 3 fully saturated rings. The minimum Gasteiger partial charge on any atom is -0.480 e. The molecule has 0 unspecified atom stereocenters. The lowest BCUT2D eigenvalue weighted by atomic mass is 9.46. The summed E-state index contributed by atoms with van der Waals surface area (Å²) in [6.45, 7) is 5.72. The number of Topliss-reactive ketones (excluding diaryl/α,β-unsaturated/α-hetero) is 1. The fraction of sp³-hybridized carbons (Fsp3) is 0.625. The molecule has 0 heterocycles. The Morgan fingerprint density at radius 1 is 1.05 bits per heavy atom. The van der Waals surface area contributed by atoms with Gasteiger partial charge in [-0.3, -0.25) is 9.59 Å². The van der Waals surface area contributed by atoms with Crippen LogP contribution in [-0.2, 0) is 25.6 Å². The molecule has 0 saturated heterocycles. The predicted molar refractivity (Wildman–Crippen MR) is 150 cm³/mol. The fourth-order valence-electron chi connectivity index (χ4n) is 8.70. The van der Waals surface area contributed by atoms with Crippen molar-refractivity contribution in [1.29, 1.82) is 0 Å². The number of carbonyl (C=O) groups is 3. The Bertz CT molecular complexity index is 1230. The SMILES string of the molecule is CC(=O)[C@@]1(O)CC[C@@H]2[C@@H]3CCC4=C/C(=N/OCC(=O)N[C@@H](Cc5ccccc5)C(=O)O)CC[C@]4(C)[C@H]3CC[C@@]21C. The van der Waals surface area contributed by atoms with Crippen LogP contribution in [0.2, 0.25) is 0 Å². The summed E-state index contributed by atoms with van der Waals surface area (Å²) >= 11 is 0. The minimum absolute atomic E-state index is 0.0592. The molecule has 5 rings (SSSR count). The highest BCUT2D eigenvalue weighted by molar-refractivity contribution is 5.96. The third kappa shape index (κ3) is 4.89. The van der Waals surface area contributed by atoms with E-state index in [9.17, 15) is 24.6 Å². The summed E-state index contributed by atoms with van der Waals surface area (Å²) in [6.07, 6.45) is 9.42. The maximum absolute atomic E-state index is 12.5. The van der Waals surface area contributed by atoms with E-state index in [1.54, 1.807) is 6.92 Å². The Kier molecular flexibility index (Phi) is 7.68. The van der Waals surface area contributed by atoms with E-state index in [-0.39, 0.29) is 29.6 Å². The van der Waals surface area contributed by atoms with Crippen LogP contribution in [0, 0.1) is 28.6 Å². The number of amides is 1. The highest BCUT2D eigenvalue weighted by atomic mass is 16.6. The summed E-state index contributed by atoms with van der Waals surface area (Å²) in [4.78, 5) is 41.9. The molecule has 0 aromatic heterocycles. The second-order valence-corrected chi connectivity index (χ2v) is 12.9. The Balaban J connectivity index is 1.20. The molecule has 216 valence electrons. The Labute approximate surface area is 236 Å². The average molecular weight is 551 g/mol.